The third-order valence-corrected chi connectivity index (χ3v) is 2.17. The summed E-state index contributed by atoms with van der Waals surface area (Å²) in [5, 5.41) is 2.97. The molecule has 0 aliphatic carbocycles. The van der Waals surface area contributed by atoms with E-state index in [2.05, 4.69) is 26.1 Å². The molecule has 1 amide bonds. The second-order valence-electron chi connectivity index (χ2n) is 4.44. The van der Waals surface area contributed by atoms with Crippen LogP contribution < -0.4 is 5.32 Å². The minimum atomic E-state index is 0.187. The molecule has 0 saturated carbocycles. The van der Waals surface area contributed by atoms with Crippen LogP contribution in [0.25, 0.3) is 0 Å². The molecule has 0 rings (SSSR count). The number of carbonyl (C=O) groups is 1. The van der Waals surface area contributed by atoms with Crippen LogP contribution in [-0.4, -0.2) is 12.5 Å². The molecule has 78 valence electrons. The Morgan fingerprint density at radius 2 is 1.85 bits per heavy atom. The van der Waals surface area contributed by atoms with E-state index in [9.17, 15) is 4.79 Å². The lowest BCUT2D eigenvalue weighted by molar-refractivity contribution is -0.121. The Bertz CT molecular complexity index is 152. The fourth-order valence-corrected chi connectivity index (χ4v) is 1.42. The molecule has 0 saturated heterocycles. The summed E-state index contributed by atoms with van der Waals surface area (Å²) in [6.07, 6.45) is 3.93. The van der Waals surface area contributed by atoms with Gasteiger partial charge in [0.05, 0.1) is 0 Å². The molecule has 0 radical (unpaired) electrons. The highest BCUT2D eigenvalue weighted by Crippen LogP contribution is 2.20. The van der Waals surface area contributed by atoms with Crippen LogP contribution in [0.4, 0.5) is 0 Å². The smallest absolute Gasteiger partial charge is 0.220 e. The van der Waals surface area contributed by atoms with Crippen molar-refractivity contribution in [3.05, 3.63) is 0 Å². The molecule has 0 fully saturated rings. The summed E-state index contributed by atoms with van der Waals surface area (Å²) in [6, 6.07) is 0. The molecule has 0 spiro atoms. The Morgan fingerprint density at radius 3 is 2.31 bits per heavy atom. The van der Waals surface area contributed by atoms with Crippen molar-refractivity contribution in [2.45, 2.75) is 53.4 Å². The van der Waals surface area contributed by atoms with Gasteiger partial charge in [0, 0.05) is 13.0 Å². The predicted octanol–water partition coefficient (Wildman–Crippen LogP) is 2.73. The number of nitrogens with one attached hydrogen (secondary N) is 1. The van der Waals surface area contributed by atoms with Gasteiger partial charge >= 0.3 is 0 Å². The molecule has 0 atom stereocenters. The Morgan fingerprint density at radius 1 is 1.23 bits per heavy atom. The summed E-state index contributed by atoms with van der Waals surface area (Å²) < 4.78 is 0. The molecule has 0 aromatic carbocycles. The molecule has 2 nitrogen and oxygen atoms in total. The second-order valence-corrected chi connectivity index (χ2v) is 4.44. The van der Waals surface area contributed by atoms with Crippen LogP contribution in [0.1, 0.15) is 53.4 Å². The molecule has 0 heterocycles. The van der Waals surface area contributed by atoms with Gasteiger partial charge in [-0.05, 0) is 18.3 Å². The molecule has 13 heavy (non-hydrogen) atoms. The highest BCUT2D eigenvalue weighted by atomic mass is 16.1. The maximum Gasteiger partial charge on any atom is 0.220 e. The first kappa shape index (κ1) is 12.5. The minimum absolute atomic E-state index is 0.187. The van der Waals surface area contributed by atoms with Gasteiger partial charge in [0.25, 0.3) is 0 Å². The van der Waals surface area contributed by atoms with Crippen LogP contribution in [-0.2, 0) is 4.79 Å². The molecular formula is C11H23NO. The summed E-state index contributed by atoms with van der Waals surface area (Å²) >= 11 is 0. The predicted molar refractivity (Wildman–Crippen MR) is 56.6 cm³/mol. The third-order valence-electron chi connectivity index (χ3n) is 2.17. The van der Waals surface area contributed by atoms with Crippen molar-refractivity contribution in [1.29, 1.82) is 0 Å². The van der Waals surface area contributed by atoms with Gasteiger partial charge < -0.3 is 5.32 Å². The minimum Gasteiger partial charge on any atom is -0.356 e. The fraction of sp³-hybridized carbons (Fsp3) is 0.909. The molecule has 2 heteroatoms. The van der Waals surface area contributed by atoms with Gasteiger partial charge in [0.2, 0.25) is 5.91 Å². The number of hydrogen-bond acceptors (Lipinski definition) is 1. The average molecular weight is 185 g/mol. The molecule has 0 unspecified atom stereocenters. The lowest BCUT2D eigenvalue weighted by Gasteiger charge is -2.24. The van der Waals surface area contributed by atoms with Gasteiger partial charge in [-0.15, -0.1) is 0 Å². The van der Waals surface area contributed by atoms with E-state index in [1.54, 1.807) is 0 Å². The summed E-state index contributed by atoms with van der Waals surface area (Å²) in [6.45, 7) is 9.40. The third kappa shape index (κ3) is 6.62. The van der Waals surface area contributed by atoms with Gasteiger partial charge in [-0.2, -0.15) is 0 Å². The fourth-order valence-electron chi connectivity index (χ4n) is 1.42. The zero-order valence-corrected chi connectivity index (χ0v) is 9.44. The summed E-state index contributed by atoms with van der Waals surface area (Å²) in [4.78, 5) is 11.2. The first-order valence-electron chi connectivity index (χ1n) is 5.28. The number of rotatable bonds is 6. The standard InChI is InChI=1S/C11H23NO/c1-5-7-10(13)12-9-11(3,4)8-6-2/h5-9H2,1-4H3,(H,12,13). The van der Waals surface area contributed by atoms with Crippen molar-refractivity contribution >= 4 is 5.91 Å². The van der Waals surface area contributed by atoms with Crippen LogP contribution >= 0.6 is 0 Å². The van der Waals surface area contributed by atoms with Crippen LogP contribution in [0.15, 0.2) is 0 Å². The van der Waals surface area contributed by atoms with Crippen molar-refractivity contribution < 1.29 is 4.79 Å². The summed E-state index contributed by atoms with van der Waals surface area (Å²) in [5.74, 6) is 0.187. The van der Waals surface area contributed by atoms with Crippen molar-refractivity contribution in [3.63, 3.8) is 0 Å². The van der Waals surface area contributed by atoms with Crippen LogP contribution in [0.5, 0.6) is 0 Å². The van der Waals surface area contributed by atoms with E-state index < -0.39 is 0 Å². The van der Waals surface area contributed by atoms with Crippen molar-refractivity contribution in [1.82, 2.24) is 5.32 Å². The molecule has 0 aliphatic heterocycles. The van der Waals surface area contributed by atoms with E-state index >= 15 is 0 Å². The van der Waals surface area contributed by atoms with Gasteiger partial charge in [0.1, 0.15) is 0 Å². The van der Waals surface area contributed by atoms with E-state index in [0.29, 0.717) is 6.42 Å². The largest absolute Gasteiger partial charge is 0.356 e. The van der Waals surface area contributed by atoms with E-state index in [4.69, 9.17) is 0 Å². The SMILES string of the molecule is CCCC(=O)NCC(C)(C)CCC. The number of carbonyl (C=O) groups excluding carboxylic acids is 1. The Balaban J connectivity index is 3.67. The van der Waals surface area contributed by atoms with Gasteiger partial charge in [-0.3, -0.25) is 4.79 Å². The molecule has 0 aromatic rings. The van der Waals surface area contributed by atoms with Crippen molar-refractivity contribution in [2.75, 3.05) is 6.54 Å². The van der Waals surface area contributed by atoms with E-state index in [1.165, 1.54) is 12.8 Å². The summed E-state index contributed by atoms with van der Waals surface area (Å²) in [5.41, 5.74) is 0.248. The molecule has 1 N–H and O–H groups in total. The normalized spacial score (nSPS) is 11.4. The van der Waals surface area contributed by atoms with Crippen LogP contribution in [0.3, 0.4) is 0 Å². The Labute approximate surface area is 82.1 Å². The quantitative estimate of drug-likeness (QED) is 0.677. The zero-order chi connectivity index (χ0) is 10.3. The summed E-state index contributed by atoms with van der Waals surface area (Å²) in [7, 11) is 0. The molecular weight excluding hydrogens is 162 g/mol. The number of amides is 1. The van der Waals surface area contributed by atoms with E-state index in [-0.39, 0.29) is 11.3 Å². The lowest BCUT2D eigenvalue weighted by atomic mass is 9.88. The maximum absolute atomic E-state index is 11.2. The van der Waals surface area contributed by atoms with E-state index in [0.717, 1.165) is 13.0 Å². The highest BCUT2D eigenvalue weighted by Gasteiger charge is 2.16. The zero-order valence-electron chi connectivity index (χ0n) is 9.44. The van der Waals surface area contributed by atoms with Crippen LogP contribution in [0, 0.1) is 5.41 Å². The van der Waals surface area contributed by atoms with Gasteiger partial charge in [0.15, 0.2) is 0 Å². The van der Waals surface area contributed by atoms with Crippen molar-refractivity contribution in [3.8, 4) is 0 Å². The number of hydrogen-bond donors (Lipinski definition) is 1. The topological polar surface area (TPSA) is 29.1 Å². The Kier molecular flexibility index (Phi) is 5.76. The first-order valence-corrected chi connectivity index (χ1v) is 5.28. The van der Waals surface area contributed by atoms with Gasteiger partial charge in [-0.25, -0.2) is 0 Å². The first-order chi connectivity index (χ1) is 6.02. The second kappa shape index (κ2) is 6.01. The van der Waals surface area contributed by atoms with Crippen molar-refractivity contribution in [2.24, 2.45) is 5.41 Å². The molecule has 0 bridgehead atoms. The molecule has 0 aromatic heterocycles. The monoisotopic (exact) mass is 185 g/mol. The maximum atomic E-state index is 11.2. The lowest BCUT2D eigenvalue weighted by Crippen LogP contribution is -2.33. The van der Waals surface area contributed by atoms with E-state index in [1.807, 2.05) is 6.92 Å². The average Bonchev–Trinajstić information content (AvgIpc) is 2.02. The van der Waals surface area contributed by atoms with Crippen LogP contribution in [0.2, 0.25) is 0 Å². The van der Waals surface area contributed by atoms with Gasteiger partial charge in [-0.1, -0.05) is 34.1 Å². The highest BCUT2D eigenvalue weighted by molar-refractivity contribution is 5.75. The Hall–Kier alpha value is -0.530. The molecule has 0 aliphatic rings.